The molecule has 1 atom stereocenters. The van der Waals surface area contributed by atoms with Gasteiger partial charge in [-0.1, -0.05) is 36.1 Å². The summed E-state index contributed by atoms with van der Waals surface area (Å²) in [6, 6.07) is 15.6. The van der Waals surface area contributed by atoms with Gasteiger partial charge in [-0.15, -0.1) is 0 Å². The molecule has 0 radical (unpaired) electrons. The Hall–Kier alpha value is -3.97. The Balaban J connectivity index is 1.33. The van der Waals surface area contributed by atoms with Gasteiger partial charge < -0.3 is 25.2 Å². The zero-order valence-corrected chi connectivity index (χ0v) is 20.4. The van der Waals surface area contributed by atoms with Gasteiger partial charge in [0.1, 0.15) is 6.61 Å². The van der Waals surface area contributed by atoms with Crippen LogP contribution in [0.4, 0.5) is 0 Å². The van der Waals surface area contributed by atoms with Crippen molar-refractivity contribution in [2.24, 2.45) is 0 Å². The van der Waals surface area contributed by atoms with E-state index in [9.17, 15) is 19.8 Å². The second-order valence-corrected chi connectivity index (χ2v) is 8.99. The van der Waals surface area contributed by atoms with Gasteiger partial charge in [0.05, 0.1) is 18.6 Å². The van der Waals surface area contributed by atoms with Crippen molar-refractivity contribution < 1.29 is 20.1 Å². The number of carbonyl (C=O) groups is 1. The third-order valence-corrected chi connectivity index (χ3v) is 6.52. The average Bonchev–Trinajstić information content (AvgIpc) is 2.94. The van der Waals surface area contributed by atoms with Crippen LogP contribution in [0.2, 0.25) is 0 Å². The lowest BCUT2D eigenvalue weighted by Crippen LogP contribution is -2.49. The molecule has 9 heteroatoms. The first-order valence-electron chi connectivity index (χ1n) is 12.1. The molecule has 0 spiro atoms. The number of piperazine rings is 1. The highest BCUT2D eigenvalue weighted by molar-refractivity contribution is 5.77. The lowest BCUT2D eigenvalue weighted by atomic mass is 9.94. The summed E-state index contributed by atoms with van der Waals surface area (Å²) in [5.41, 5.74) is 3.41. The molecule has 0 aliphatic carbocycles. The van der Waals surface area contributed by atoms with Crippen LogP contribution < -0.4 is 5.56 Å². The average molecular weight is 503 g/mol. The molecular formula is C28H30N4O5. The van der Waals surface area contributed by atoms with Gasteiger partial charge in [0.2, 0.25) is 11.7 Å². The van der Waals surface area contributed by atoms with Crippen molar-refractivity contribution in [2.45, 2.75) is 18.9 Å². The van der Waals surface area contributed by atoms with Gasteiger partial charge in [0, 0.05) is 56.2 Å². The second kappa shape index (κ2) is 12.3. The predicted octanol–water partition coefficient (Wildman–Crippen LogP) is 0.830. The highest BCUT2D eigenvalue weighted by Gasteiger charge is 2.20. The highest BCUT2D eigenvalue weighted by atomic mass is 16.3. The number of aromatic nitrogens is 2. The Kier molecular flexibility index (Phi) is 8.69. The monoisotopic (exact) mass is 502 g/mol. The summed E-state index contributed by atoms with van der Waals surface area (Å²) >= 11 is 0. The highest BCUT2D eigenvalue weighted by Crippen LogP contribution is 2.22. The largest absolute Gasteiger partial charge is 0.502 e. The third kappa shape index (κ3) is 6.83. The lowest BCUT2D eigenvalue weighted by Gasteiger charge is -2.34. The zero-order valence-electron chi connectivity index (χ0n) is 20.4. The molecule has 1 unspecified atom stereocenters. The first-order chi connectivity index (χ1) is 18.0. The molecule has 1 fully saturated rings. The van der Waals surface area contributed by atoms with Gasteiger partial charge >= 0.3 is 0 Å². The van der Waals surface area contributed by atoms with Gasteiger partial charge in [-0.2, -0.15) is 0 Å². The van der Waals surface area contributed by atoms with E-state index in [2.05, 4.69) is 38.8 Å². The number of hydrogen-bond donors (Lipinski definition) is 4. The zero-order chi connectivity index (χ0) is 26.2. The van der Waals surface area contributed by atoms with E-state index >= 15 is 0 Å². The number of nitrogens with one attached hydrogen (secondary N) is 1. The van der Waals surface area contributed by atoms with Crippen molar-refractivity contribution in [1.29, 1.82) is 0 Å². The van der Waals surface area contributed by atoms with Crippen molar-refractivity contribution in [2.75, 3.05) is 39.4 Å². The predicted molar refractivity (Wildman–Crippen MR) is 138 cm³/mol. The minimum absolute atomic E-state index is 0.151. The van der Waals surface area contributed by atoms with E-state index in [4.69, 9.17) is 5.11 Å². The first kappa shape index (κ1) is 26.1. The molecule has 9 nitrogen and oxygen atoms in total. The van der Waals surface area contributed by atoms with E-state index in [0.29, 0.717) is 13.1 Å². The lowest BCUT2D eigenvalue weighted by molar-refractivity contribution is -0.135. The number of carbonyl (C=O) groups excluding carboxylic acids is 1. The smallest absolute Gasteiger partial charge is 0.293 e. The van der Waals surface area contributed by atoms with Gasteiger partial charge in [0.25, 0.3) is 5.56 Å². The standard InChI is InChI=1S/C28H30N4O5/c33-17-24(15-25-27(36)28(37)30-19-29-25)23-9-7-21(8-10-23)2-1-20-3-5-22(6-4-20)16-31-11-13-32(14-12-31)26(35)18-34/h3-10,19,24,33-34,36H,11-18H2,(H,29,30,37). The summed E-state index contributed by atoms with van der Waals surface area (Å²) in [5, 5.41) is 28.8. The molecule has 1 saturated heterocycles. The van der Waals surface area contributed by atoms with E-state index < -0.39 is 17.9 Å². The van der Waals surface area contributed by atoms with Crippen molar-refractivity contribution in [3.8, 4) is 17.6 Å². The van der Waals surface area contributed by atoms with Crippen LogP contribution in [0.3, 0.4) is 0 Å². The number of nitrogens with zero attached hydrogens (tertiary/aromatic N) is 3. The first-order valence-corrected chi connectivity index (χ1v) is 12.1. The minimum atomic E-state index is -0.602. The summed E-state index contributed by atoms with van der Waals surface area (Å²) in [7, 11) is 0. The van der Waals surface area contributed by atoms with Crippen LogP contribution in [0.15, 0.2) is 59.7 Å². The maximum Gasteiger partial charge on any atom is 0.293 e. The van der Waals surface area contributed by atoms with Gasteiger partial charge in [-0.05, 0) is 35.4 Å². The van der Waals surface area contributed by atoms with Crippen molar-refractivity contribution >= 4 is 5.91 Å². The molecule has 1 aliphatic heterocycles. The molecule has 2 heterocycles. The number of hydrogen-bond acceptors (Lipinski definition) is 7. The van der Waals surface area contributed by atoms with Crippen LogP contribution in [-0.2, 0) is 17.8 Å². The number of aliphatic hydroxyl groups excluding tert-OH is 2. The summed E-state index contributed by atoms with van der Waals surface area (Å²) in [6.07, 6.45) is 1.47. The fourth-order valence-corrected chi connectivity index (χ4v) is 4.29. The molecule has 1 aliphatic rings. The molecule has 1 amide bonds. The summed E-state index contributed by atoms with van der Waals surface area (Å²) in [6.45, 7) is 3.03. The summed E-state index contributed by atoms with van der Waals surface area (Å²) in [5.74, 6) is 5.37. The Morgan fingerprint density at radius 2 is 1.59 bits per heavy atom. The van der Waals surface area contributed by atoms with Crippen LogP contribution in [0.5, 0.6) is 5.75 Å². The molecule has 0 bridgehead atoms. The Bertz CT molecular complexity index is 1320. The maximum absolute atomic E-state index is 11.6. The number of amides is 1. The van der Waals surface area contributed by atoms with E-state index in [1.807, 2.05) is 36.4 Å². The molecule has 4 rings (SSSR count). The minimum Gasteiger partial charge on any atom is -0.502 e. The summed E-state index contributed by atoms with van der Waals surface area (Å²) in [4.78, 5) is 33.5. The molecule has 0 saturated carbocycles. The number of H-pyrrole nitrogens is 1. The van der Waals surface area contributed by atoms with Gasteiger partial charge in [-0.25, -0.2) is 4.98 Å². The van der Waals surface area contributed by atoms with Gasteiger partial charge in [-0.3, -0.25) is 14.5 Å². The quantitative estimate of drug-likeness (QED) is 0.352. The topological polar surface area (TPSA) is 130 Å². The Morgan fingerprint density at radius 3 is 2.19 bits per heavy atom. The molecular weight excluding hydrogens is 472 g/mol. The molecule has 37 heavy (non-hydrogen) atoms. The van der Waals surface area contributed by atoms with Crippen molar-refractivity contribution in [1.82, 2.24) is 19.8 Å². The van der Waals surface area contributed by atoms with Crippen LogP contribution in [0, 0.1) is 11.8 Å². The fourth-order valence-electron chi connectivity index (χ4n) is 4.29. The number of rotatable bonds is 7. The molecule has 4 N–H and O–H groups in total. The van der Waals surface area contributed by atoms with Crippen molar-refractivity contribution in [3.05, 3.63) is 93.2 Å². The number of aromatic amines is 1. The number of aliphatic hydroxyl groups is 2. The summed E-state index contributed by atoms with van der Waals surface area (Å²) < 4.78 is 0. The van der Waals surface area contributed by atoms with Crippen LogP contribution in [-0.4, -0.2) is 80.4 Å². The van der Waals surface area contributed by atoms with Gasteiger partial charge in [0.15, 0.2) is 0 Å². The van der Waals surface area contributed by atoms with E-state index in [1.165, 1.54) is 11.9 Å². The Morgan fingerprint density at radius 1 is 0.973 bits per heavy atom. The third-order valence-electron chi connectivity index (χ3n) is 6.52. The number of aromatic hydroxyl groups is 1. The van der Waals surface area contributed by atoms with Crippen LogP contribution in [0.25, 0.3) is 0 Å². The fraction of sp³-hybridized carbons (Fsp3) is 0.321. The molecule has 1 aromatic heterocycles. The molecule has 3 aromatic rings. The van der Waals surface area contributed by atoms with E-state index in [1.54, 1.807) is 4.90 Å². The SMILES string of the molecule is O=C(CO)N1CCN(Cc2ccc(C#Cc3ccc(C(CO)Cc4nc[nH]c(=O)c4O)cc3)cc2)CC1. The van der Waals surface area contributed by atoms with Crippen LogP contribution >= 0.6 is 0 Å². The van der Waals surface area contributed by atoms with E-state index in [-0.39, 0.29) is 30.5 Å². The maximum atomic E-state index is 11.6. The van der Waals surface area contributed by atoms with Crippen LogP contribution in [0.1, 0.15) is 33.9 Å². The molecule has 2 aromatic carbocycles. The number of benzene rings is 2. The normalized spacial score (nSPS) is 14.6. The Labute approximate surface area is 215 Å². The molecule has 192 valence electrons. The van der Waals surface area contributed by atoms with E-state index in [0.717, 1.165) is 36.3 Å². The second-order valence-electron chi connectivity index (χ2n) is 8.99. The van der Waals surface area contributed by atoms with Crippen molar-refractivity contribution in [3.63, 3.8) is 0 Å².